The van der Waals surface area contributed by atoms with E-state index in [4.69, 9.17) is 0 Å². The number of pyridine rings is 1. The van der Waals surface area contributed by atoms with Crippen LogP contribution in [0.2, 0.25) is 0 Å². The fraction of sp³-hybridized carbons (Fsp3) is 0.429. The Bertz CT molecular complexity index is 726. The molecule has 1 aliphatic rings. The molecule has 1 unspecified atom stereocenters. The molecule has 1 aromatic carbocycles. The molecule has 1 saturated heterocycles. The number of benzene rings is 1. The molecular formula is C21H29N5. The monoisotopic (exact) mass is 351 g/mol. The van der Waals surface area contributed by atoms with Gasteiger partial charge in [-0.1, -0.05) is 30.3 Å². The normalized spacial score (nSPS) is 17.4. The maximum atomic E-state index is 4.49. The van der Waals surface area contributed by atoms with Gasteiger partial charge in [-0.2, -0.15) is 0 Å². The first kappa shape index (κ1) is 18.2. The summed E-state index contributed by atoms with van der Waals surface area (Å²) in [5, 5.41) is 3.51. The van der Waals surface area contributed by atoms with E-state index >= 15 is 0 Å². The van der Waals surface area contributed by atoms with E-state index < -0.39 is 0 Å². The fourth-order valence-corrected chi connectivity index (χ4v) is 3.47. The van der Waals surface area contributed by atoms with E-state index in [0.717, 1.165) is 37.8 Å². The number of anilines is 1. The Kier molecular flexibility index (Phi) is 6.10. The predicted molar refractivity (Wildman–Crippen MR) is 109 cm³/mol. The molecule has 1 aliphatic heterocycles. The number of aliphatic imine (C=N–C) groups is 1. The molecule has 0 radical (unpaired) electrons. The van der Waals surface area contributed by atoms with Crippen molar-refractivity contribution in [3.8, 4) is 0 Å². The topological polar surface area (TPSA) is 43.8 Å². The van der Waals surface area contributed by atoms with Gasteiger partial charge in [-0.05, 0) is 42.0 Å². The number of nitrogens with one attached hydrogen (secondary N) is 1. The number of rotatable bonds is 5. The van der Waals surface area contributed by atoms with Gasteiger partial charge < -0.3 is 15.1 Å². The van der Waals surface area contributed by atoms with Crippen molar-refractivity contribution in [2.45, 2.75) is 19.4 Å². The molecule has 138 valence electrons. The zero-order valence-electron chi connectivity index (χ0n) is 16.0. The largest absolute Gasteiger partial charge is 0.363 e. The van der Waals surface area contributed by atoms with Crippen molar-refractivity contribution < 1.29 is 0 Å². The molecule has 0 spiro atoms. The third kappa shape index (κ3) is 4.75. The van der Waals surface area contributed by atoms with E-state index in [1.807, 2.05) is 32.2 Å². The predicted octanol–water partition coefficient (Wildman–Crippen LogP) is 2.79. The summed E-state index contributed by atoms with van der Waals surface area (Å²) in [6, 6.07) is 14.9. The SMILES string of the molecule is CN=C(NCc1ccnc(N(C)C)c1)N1CCC(Cc2ccccc2)C1. The van der Waals surface area contributed by atoms with Crippen molar-refractivity contribution >= 4 is 11.8 Å². The Hall–Kier alpha value is -2.56. The van der Waals surface area contributed by atoms with Gasteiger partial charge in [0.05, 0.1) is 0 Å². The Morgan fingerprint density at radius 1 is 1.23 bits per heavy atom. The summed E-state index contributed by atoms with van der Waals surface area (Å²) >= 11 is 0. The van der Waals surface area contributed by atoms with Crippen molar-refractivity contribution in [3.05, 3.63) is 59.8 Å². The van der Waals surface area contributed by atoms with Gasteiger partial charge in [0.15, 0.2) is 5.96 Å². The molecule has 26 heavy (non-hydrogen) atoms. The van der Waals surface area contributed by atoms with Crippen LogP contribution in [-0.2, 0) is 13.0 Å². The Labute approximate surface area is 156 Å². The minimum absolute atomic E-state index is 0.692. The van der Waals surface area contributed by atoms with Gasteiger partial charge in [0.2, 0.25) is 0 Å². The summed E-state index contributed by atoms with van der Waals surface area (Å²) in [7, 11) is 5.88. The van der Waals surface area contributed by atoms with Crippen molar-refractivity contribution in [2.24, 2.45) is 10.9 Å². The number of aromatic nitrogens is 1. The van der Waals surface area contributed by atoms with Crippen molar-refractivity contribution in [3.63, 3.8) is 0 Å². The van der Waals surface area contributed by atoms with Gasteiger partial charge in [-0.25, -0.2) is 4.98 Å². The lowest BCUT2D eigenvalue weighted by atomic mass is 9.99. The van der Waals surface area contributed by atoms with Gasteiger partial charge in [-0.15, -0.1) is 0 Å². The van der Waals surface area contributed by atoms with E-state index in [-0.39, 0.29) is 0 Å². The lowest BCUT2D eigenvalue weighted by Crippen LogP contribution is -2.39. The lowest BCUT2D eigenvalue weighted by molar-refractivity contribution is 0.460. The first-order valence-corrected chi connectivity index (χ1v) is 9.27. The standard InChI is InChI=1S/C21H29N5/c1-22-21(24-15-18-9-11-23-20(14-18)25(2)3)26-12-10-19(16-26)13-17-7-5-4-6-8-17/h4-9,11,14,19H,10,12-13,15-16H2,1-3H3,(H,22,24). The average Bonchev–Trinajstić information content (AvgIpc) is 3.11. The highest BCUT2D eigenvalue weighted by atomic mass is 15.3. The van der Waals surface area contributed by atoms with Gasteiger partial charge in [0, 0.05) is 47.0 Å². The van der Waals surface area contributed by atoms with Crippen LogP contribution in [-0.4, -0.2) is 50.1 Å². The molecule has 2 heterocycles. The molecule has 0 aliphatic carbocycles. The van der Waals surface area contributed by atoms with E-state index in [9.17, 15) is 0 Å². The van der Waals surface area contributed by atoms with Crippen molar-refractivity contribution in [1.82, 2.24) is 15.2 Å². The molecule has 2 aromatic rings. The number of guanidine groups is 1. The van der Waals surface area contributed by atoms with Gasteiger partial charge in [-0.3, -0.25) is 4.99 Å². The van der Waals surface area contributed by atoms with Crippen LogP contribution in [0.5, 0.6) is 0 Å². The highest BCUT2D eigenvalue weighted by Gasteiger charge is 2.24. The molecular weight excluding hydrogens is 322 g/mol. The average molecular weight is 351 g/mol. The summed E-state index contributed by atoms with van der Waals surface area (Å²) < 4.78 is 0. The number of hydrogen-bond donors (Lipinski definition) is 1. The fourth-order valence-electron chi connectivity index (χ4n) is 3.47. The van der Waals surface area contributed by atoms with Crippen LogP contribution in [0.25, 0.3) is 0 Å². The maximum absolute atomic E-state index is 4.49. The molecule has 1 N–H and O–H groups in total. The second-order valence-corrected chi connectivity index (χ2v) is 7.11. The zero-order valence-corrected chi connectivity index (χ0v) is 16.0. The summed E-state index contributed by atoms with van der Waals surface area (Å²) in [5.74, 6) is 2.66. The summed E-state index contributed by atoms with van der Waals surface area (Å²) in [6.45, 7) is 2.89. The second kappa shape index (κ2) is 8.70. The Morgan fingerprint density at radius 3 is 2.77 bits per heavy atom. The van der Waals surface area contributed by atoms with Crippen molar-refractivity contribution in [1.29, 1.82) is 0 Å². The Balaban J connectivity index is 1.54. The number of nitrogens with zero attached hydrogens (tertiary/aromatic N) is 4. The third-order valence-electron chi connectivity index (χ3n) is 4.88. The smallest absolute Gasteiger partial charge is 0.193 e. The number of hydrogen-bond acceptors (Lipinski definition) is 3. The van der Waals surface area contributed by atoms with E-state index in [2.05, 4.69) is 62.7 Å². The first-order chi connectivity index (χ1) is 12.7. The molecule has 0 bridgehead atoms. The minimum atomic E-state index is 0.692. The van der Waals surface area contributed by atoms with Crippen LogP contribution in [0.4, 0.5) is 5.82 Å². The van der Waals surface area contributed by atoms with E-state index in [1.165, 1.54) is 17.5 Å². The van der Waals surface area contributed by atoms with E-state index in [0.29, 0.717) is 5.92 Å². The molecule has 0 amide bonds. The third-order valence-corrected chi connectivity index (χ3v) is 4.88. The van der Waals surface area contributed by atoms with Crippen molar-refractivity contribution in [2.75, 3.05) is 39.1 Å². The van der Waals surface area contributed by atoms with Crippen LogP contribution in [0.15, 0.2) is 53.7 Å². The lowest BCUT2D eigenvalue weighted by Gasteiger charge is -2.22. The Morgan fingerprint density at radius 2 is 2.04 bits per heavy atom. The van der Waals surface area contributed by atoms with Gasteiger partial charge in [0.1, 0.15) is 5.82 Å². The summed E-state index contributed by atoms with van der Waals surface area (Å²) in [4.78, 5) is 13.3. The quantitative estimate of drug-likeness (QED) is 0.664. The minimum Gasteiger partial charge on any atom is -0.363 e. The van der Waals surface area contributed by atoms with Crippen LogP contribution >= 0.6 is 0 Å². The molecule has 1 fully saturated rings. The molecule has 5 heteroatoms. The second-order valence-electron chi connectivity index (χ2n) is 7.11. The highest BCUT2D eigenvalue weighted by Crippen LogP contribution is 2.21. The zero-order chi connectivity index (χ0) is 18.4. The summed E-state index contributed by atoms with van der Waals surface area (Å²) in [6.07, 6.45) is 4.22. The van der Waals surface area contributed by atoms with Gasteiger partial charge in [0.25, 0.3) is 0 Å². The molecule has 1 aromatic heterocycles. The first-order valence-electron chi connectivity index (χ1n) is 9.27. The maximum Gasteiger partial charge on any atom is 0.193 e. The van der Waals surface area contributed by atoms with Crippen LogP contribution < -0.4 is 10.2 Å². The molecule has 1 atom stereocenters. The van der Waals surface area contributed by atoms with Gasteiger partial charge >= 0.3 is 0 Å². The van der Waals surface area contributed by atoms with Crippen LogP contribution in [0, 0.1) is 5.92 Å². The molecule has 0 saturated carbocycles. The molecule has 5 nitrogen and oxygen atoms in total. The van der Waals surface area contributed by atoms with E-state index in [1.54, 1.807) is 0 Å². The molecule has 3 rings (SSSR count). The number of likely N-dealkylation sites (tertiary alicyclic amines) is 1. The highest BCUT2D eigenvalue weighted by molar-refractivity contribution is 5.80. The van der Waals surface area contributed by atoms with Crippen LogP contribution in [0.3, 0.4) is 0 Å². The van der Waals surface area contributed by atoms with Crippen LogP contribution in [0.1, 0.15) is 17.5 Å². The summed E-state index contributed by atoms with van der Waals surface area (Å²) in [5.41, 5.74) is 2.64.